The van der Waals surface area contributed by atoms with Gasteiger partial charge in [-0.3, -0.25) is 0 Å². The normalized spacial score (nSPS) is 7.90. The molecule has 0 atom stereocenters. The van der Waals surface area contributed by atoms with Crippen LogP contribution in [0.5, 0.6) is 0 Å². The summed E-state index contributed by atoms with van der Waals surface area (Å²) < 4.78 is 0. The molecule has 2 nitrogen and oxygen atoms in total. The maximum Gasteiger partial charge on any atom is 0.187 e. The van der Waals surface area contributed by atoms with Crippen molar-refractivity contribution in [2.24, 2.45) is 0 Å². The molecule has 0 unspecified atom stereocenters. The summed E-state index contributed by atoms with van der Waals surface area (Å²) in [6.07, 6.45) is 5.42. The zero-order chi connectivity index (χ0) is 7.82. The summed E-state index contributed by atoms with van der Waals surface area (Å²) in [7, 11) is 0. The van der Waals surface area contributed by atoms with Gasteiger partial charge in [0, 0.05) is 12.4 Å². The molecular weight excluding hydrogens is 144 g/mol. The van der Waals surface area contributed by atoms with E-state index in [0.717, 1.165) is 5.16 Å². The first-order chi connectivity index (χ1) is 4.93. The molecule has 0 radical (unpaired) electrons. The molecule has 0 aromatic carbocycles. The van der Waals surface area contributed by atoms with Crippen molar-refractivity contribution in [2.45, 2.75) is 19.0 Å². The fourth-order valence-electron chi connectivity index (χ4n) is 0.391. The second-order valence-corrected chi connectivity index (χ2v) is 2.01. The van der Waals surface area contributed by atoms with Crippen LogP contribution in [0.25, 0.3) is 0 Å². The molecule has 0 amide bonds. The number of nitrogens with zero attached hydrogens (tertiary/aromatic N) is 2. The third-order valence-electron chi connectivity index (χ3n) is 0.725. The van der Waals surface area contributed by atoms with Crippen LogP contribution in [0, 0.1) is 0 Å². The third-order valence-corrected chi connectivity index (χ3v) is 1.30. The highest BCUT2D eigenvalue weighted by Crippen LogP contribution is 2.03. The van der Waals surface area contributed by atoms with Gasteiger partial charge in [-0.15, -0.1) is 0 Å². The van der Waals surface area contributed by atoms with Crippen LogP contribution in [-0.2, 0) is 0 Å². The van der Waals surface area contributed by atoms with Crippen molar-refractivity contribution < 1.29 is 0 Å². The van der Waals surface area contributed by atoms with E-state index in [2.05, 4.69) is 9.97 Å². The number of aromatic nitrogens is 2. The molecule has 0 aliphatic carbocycles. The summed E-state index contributed by atoms with van der Waals surface area (Å²) in [5.41, 5.74) is 0. The average Bonchev–Trinajstić information content (AvgIpc) is 2.10. The first-order valence-electron chi connectivity index (χ1n) is 3.24. The van der Waals surface area contributed by atoms with Crippen molar-refractivity contribution in [1.82, 2.24) is 9.97 Å². The molecule has 0 bridgehead atoms. The Labute approximate surface area is 66.1 Å². The van der Waals surface area contributed by atoms with Crippen molar-refractivity contribution in [3.05, 3.63) is 18.5 Å². The van der Waals surface area contributed by atoms with Crippen LogP contribution in [0.3, 0.4) is 0 Å². The average molecular weight is 156 g/mol. The van der Waals surface area contributed by atoms with Crippen molar-refractivity contribution in [3.63, 3.8) is 0 Å². The van der Waals surface area contributed by atoms with E-state index < -0.39 is 0 Å². The molecule has 0 aliphatic rings. The van der Waals surface area contributed by atoms with Gasteiger partial charge in [-0.1, -0.05) is 25.6 Å². The van der Waals surface area contributed by atoms with Gasteiger partial charge in [-0.2, -0.15) is 0 Å². The quantitative estimate of drug-likeness (QED) is 0.460. The highest BCUT2D eigenvalue weighted by molar-refractivity contribution is 7.98. The fourth-order valence-corrected chi connectivity index (χ4v) is 0.723. The van der Waals surface area contributed by atoms with Gasteiger partial charge in [0.25, 0.3) is 0 Å². The Kier molecular flexibility index (Phi) is 6.18. The molecule has 1 rings (SSSR count). The van der Waals surface area contributed by atoms with E-state index in [1.807, 2.05) is 20.1 Å². The molecular formula is C7H12N2S. The molecule has 0 fully saturated rings. The van der Waals surface area contributed by atoms with Crippen LogP contribution in [0.15, 0.2) is 23.6 Å². The Balaban J connectivity index is 0.000000371. The van der Waals surface area contributed by atoms with E-state index in [9.17, 15) is 0 Å². The van der Waals surface area contributed by atoms with Crippen molar-refractivity contribution in [1.29, 1.82) is 0 Å². The summed E-state index contributed by atoms with van der Waals surface area (Å²) in [5, 5.41) is 0.826. The molecule has 0 aliphatic heterocycles. The summed E-state index contributed by atoms with van der Waals surface area (Å²) in [6, 6.07) is 1.81. The second-order valence-electron chi connectivity index (χ2n) is 1.24. The molecule has 0 saturated carbocycles. The Morgan fingerprint density at radius 3 is 2.00 bits per heavy atom. The predicted octanol–water partition coefficient (Wildman–Crippen LogP) is 2.22. The van der Waals surface area contributed by atoms with E-state index in [1.54, 1.807) is 30.2 Å². The molecule has 10 heavy (non-hydrogen) atoms. The monoisotopic (exact) mass is 156 g/mol. The molecule has 0 saturated heterocycles. The van der Waals surface area contributed by atoms with Crippen LogP contribution in [-0.4, -0.2) is 16.2 Å². The lowest BCUT2D eigenvalue weighted by Gasteiger charge is -1.87. The van der Waals surface area contributed by atoms with Gasteiger partial charge < -0.3 is 0 Å². The Morgan fingerprint density at radius 2 is 1.70 bits per heavy atom. The Morgan fingerprint density at radius 1 is 1.20 bits per heavy atom. The largest absolute Gasteiger partial charge is 0.231 e. The standard InChI is InChI=1S/C5H6N2S.C2H6/c1-8-5-6-3-2-4-7-5;1-2/h2-4H,1H3;1-2H3. The lowest BCUT2D eigenvalue weighted by Crippen LogP contribution is -1.79. The summed E-state index contributed by atoms with van der Waals surface area (Å²) in [6.45, 7) is 4.00. The number of hydrogen-bond acceptors (Lipinski definition) is 3. The van der Waals surface area contributed by atoms with Gasteiger partial charge in [0.1, 0.15) is 0 Å². The van der Waals surface area contributed by atoms with Gasteiger partial charge >= 0.3 is 0 Å². The SMILES string of the molecule is CC.CSc1ncccn1. The summed E-state index contributed by atoms with van der Waals surface area (Å²) in [4.78, 5) is 7.90. The number of hydrogen-bond donors (Lipinski definition) is 0. The topological polar surface area (TPSA) is 25.8 Å². The van der Waals surface area contributed by atoms with Crippen molar-refractivity contribution >= 4 is 11.8 Å². The van der Waals surface area contributed by atoms with Crippen LogP contribution in [0.2, 0.25) is 0 Å². The van der Waals surface area contributed by atoms with Gasteiger partial charge in [-0.05, 0) is 12.3 Å². The Bertz CT molecular complexity index is 153. The highest BCUT2D eigenvalue weighted by atomic mass is 32.2. The van der Waals surface area contributed by atoms with Crippen molar-refractivity contribution in [2.75, 3.05) is 6.26 Å². The first-order valence-corrected chi connectivity index (χ1v) is 4.47. The van der Waals surface area contributed by atoms with Crippen LogP contribution in [0.1, 0.15) is 13.8 Å². The molecule has 0 N–H and O–H groups in total. The van der Waals surface area contributed by atoms with E-state index in [0.29, 0.717) is 0 Å². The molecule has 1 aromatic heterocycles. The second kappa shape index (κ2) is 6.55. The molecule has 3 heteroatoms. The lowest BCUT2D eigenvalue weighted by molar-refractivity contribution is 0.970. The van der Waals surface area contributed by atoms with Gasteiger partial charge in [0.05, 0.1) is 0 Å². The Hall–Kier alpha value is -0.570. The molecule has 1 aromatic rings. The van der Waals surface area contributed by atoms with Crippen LogP contribution in [0.4, 0.5) is 0 Å². The zero-order valence-electron chi connectivity index (χ0n) is 6.53. The van der Waals surface area contributed by atoms with Gasteiger partial charge in [0.2, 0.25) is 0 Å². The van der Waals surface area contributed by atoms with E-state index in [1.165, 1.54) is 0 Å². The van der Waals surface area contributed by atoms with Gasteiger partial charge in [-0.25, -0.2) is 9.97 Å². The van der Waals surface area contributed by atoms with E-state index in [-0.39, 0.29) is 0 Å². The maximum atomic E-state index is 3.95. The molecule has 0 spiro atoms. The fraction of sp³-hybridized carbons (Fsp3) is 0.429. The minimum atomic E-state index is 0.826. The van der Waals surface area contributed by atoms with E-state index >= 15 is 0 Å². The van der Waals surface area contributed by atoms with Crippen LogP contribution < -0.4 is 0 Å². The number of rotatable bonds is 1. The summed E-state index contributed by atoms with van der Waals surface area (Å²) >= 11 is 1.55. The lowest BCUT2D eigenvalue weighted by atomic mass is 10.7. The van der Waals surface area contributed by atoms with Crippen molar-refractivity contribution in [3.8, 4) is 0 Å². The molecule has 56 valence electrons. The highest BCUT2D eigenvalue weighted by Gasteiger charge is 1.84. The minimum Gasteiger partial charge on any atom is -0.231 e. The predicted molar refractivity (Wildman–Crippen MR) is 45.2 cm³/mol. The van der Waals surface area contributed by atoms with Crippen LogP contribution >= 0.6 is 11.8 Å². The summed E-state index contributed by atoms with van der Waals surface area (Å²) in [5.74, 6) is 0. The van der Waals surface area contributed by atoms with Gasteiger partial charge in [0.15, 0.2) is 5.16 Å². The number of thioether (sulfide) groups is 1. The smallest absolute Gasteiger partial charge is 0.187 e. The maximum absolute atomic E-state index is 3.95. The minimum absolute atomic E-state index is 0.826. The molecule has 1 heterocycles. The van der Waals surface area contributed by atoms with E-state index in [4.69, 9.17) is 0 Å². The first kappa shape index (κ1) is 9.43. The zero-order valence-corrected chi connectivity index (χ0v) is 7.35. The third kappa shape index (κ3) is 3.45.